The molecule has 0 spiro atoms. The normalized spacial score (nSPS) is 9.88. The Morgan fingerprint density at radius 3 is 3.06 bits per heavy atom. The molecule has 0 N–H and O–H groups in total. The molecule has 17 heavy (non-hydrogen) atoms. The molecule has 0 aliphatic rings. The molecule has 0 amide bonds. The molecule has 1 heterocycles. The molecule has 0 aliphatic heterocycles. The first-order valence-electron chi connectivity index (χ1n) is 4.90. The number of carbonyl (C=O) groups is 1. The minimum absolute atomic E-state index is 0.00438. The highest BCUT2D eigenvalue weighted by molar-refractivity contribution is 5.69. The Morgan fingerprint density at radius 2 is 2.35 bits per heavy atom. The lowest BCUT2D eigenvalue weighted by Gasteiger charge is -2.06. The number of hydrogen-bond acceptors (Lipinski definition) is 3. The van der Waals surface area contributed by atoms with Crippen molar-refractivity contribution in [2.45, 2.75) is 6.54 Å². The van der Waals surface area contributed by atoms with Crippen molar-refractivity contribution in [3.05, 3.63) is 53.4 Å². The summed E-state index contributed by atoms with van der Waals surface area (Å²) in [7, 11) is 0. The average Bonchev–Trinajstić information content (AvgIpc) is 2.79. The van der Waals surface area contributed by atoms with E-state index < -0.39 is 5.82 Å². The fourth-order valence-electron chi connectivity index (χ4n) is 1.54. The molecule has 0 fully saturated rings. The maximum atomic E-state index is 13.8. The molecule has 2 rings (SSSR count). The van der Waals surface area contributed by atoms with Crippen molar-refractivity contribution < 1.29 is 9.18 Å². The summed E-state index contributed by atoms with van der Waals surface area (Å²) in [5, 5.41) is 8.70. The van der Waals surface area contributed by atoms with Crippen LogP contribution in [0.4, 0.5) is 4.39 Å². The number of carbonyl (C=O) groups excluding carboxylic acids is 1. The molecule has 0 saturated heterocycles. The van der Waals surface area contributed by atoms with Crippen molar-refractivity contribution in [3.8, 4) is 6.07 Å². The van der Waals surface area contributed by atoms with Crippen LogP contribution in [0.3, 0.4) is 0 Å². The van der Waals surface area contributed by atoms with Gasteiger partial charge in [0.05, 0.1) is 12.1 Å². The number of hydrogen-bond donors (Lipinski definition) is 0. The van der Waals surface area contributed by atoms with Gasteiger partial charge in [-0.25, -0.2) is 9.37 Å². The fourth-order valence-corrected chi connectivity index (χ4v) is 1.54. The summed E-state index contributed by atoms with van der Waals surface area (Å²) in [6.07, 6.45) is 3.66. The smallest absolute Gasteiger partial charge is 0.185 e. The van der Waals surface area contributed by atoms with Gasteiger partial charge in [-0.15, -0.1) is 0 Å². The van der Waals surface area contributed by atoms with Gasteiger partial charge in [0.1, 0.15) is 11.9 Å². The quantitative estimate of drug-likeness (QED) is 0.753. The van der Waals surface area contributed by atoms with Gasteiger partial charge in [-0.05, 0) is 6.07 Å². The molecule has 84 valence electrons. The SMILES string of the molecule is N#Cc1cccc(Cn2ccnc2C=O)c1F. The minimum Gasteiger partial charge on any atom is -0.324 e. The summed E-state index contributed by atoms with van der Waals surface area (Å²) < 4.78 is 15.3. The molecular formula is C12H8FN3O. The highest BCUT2D eigenvalue weighted by atomic mass is 19.1. The van der Waals surface area contributed by atoms with E-state index in [4.69, 9.17) is 5.26 Å². The highest BCUT2D eigenvalue weighted by Crippen LogP contribution is 2.14. The van der Waals surface area contributed by atoms with E-state index in [2.05, 4.69) is 4.98 Å². The second-order valence-electron chi connectivity index (χ2n) is 3.42. The zero-order valence-electron chi connectivity index (χ0n) is 8.80. The van der Waals surface area contributed by atoms with Gasteiger partial charge in [-0.3, -0.25) is 4.79 Å². The lowest BCUT2D eigenvalue weighted by atomic mass is 10.1. The third-order valence-electron chi connectivity index (χ3n) is 2.39. The van der Waals surface area contributed by atoms with Crippen molar-refractivity contribution in [3.63, 3.8) is 0 Å². The van der Waals surface area contributed by atoms with Gasteiger partial charge in [-0.2, -0.15) is 5.26 Å². The number of halogens is 1. The first-order chi connectivity index (χ1) is 8.26. The van der Waals surface area contributed by atoms with Crippen LogP contribution in [0.1, 0.15) is 21.7 Å². The molecule has 0 bridgehead atoms. The molecule has 4 nitrogen and oxygen atoms in total. The van der Waals surface area contributed by atoms with Crippen molar-refractivity contribution in [1.82, 2.24) is 9.55 Å². The summed E-state index contributed by atoms with van der Waals surface area (Å²) in [4.78, 5) is 14.5. The van der Waals surface area contributed by atoms with Crippen LogP contribution in [-0.2, 0) is 6.54 Å². The van der Waals surface area contributed by atoms with Gasteiger partial charge in [0.2, 0.25) is 0 Å². The predicted molar refractivity (Wildman–Crippen MR) is 57.8 cm³/mol. The lowest BCUT2D eigenvalue weighted by molar-refractivity contribution is 0.111. The lowest BCUT2D eigenvalue weighted by Crippen LogP contribution is -2.05. The monoisotopic (exact) mass is 229 g/mol. The molecular weight excluding hydrogens is 221 g/mol. The van der Waals surface area contributed by atoms with Crippen LogP contribution in [-0.4, -0.2) is 15.8 Å². The van der Waals surface area contributed by atoms with Gasteiger partial charge < -0.3 is 4.57 Å². The van der Waals surface area contributed by atoms with Crippen molar-refractivity contribution in [2.75, 3.05) is 0 Å². The third-order valence-corrected chi connectivity index (χ3v) is 2.39. The number of aromatic nitrogens is 2. The molecule has 1 aromatic carbocycles. The summed E-state index contributed by atoms with van der Waals surface area (Å²) in [5.41, 5.74) is 0.348. The molecule has 0 aliphatic carbocycles. The van der Waals surface area contributed by atoms with E-state index in [0.29, 0.717) is 11.8 Å². The van der Waals surface area contributed by atoms with Crippen LogP contribution in [0.2, 0.25) is 0 Å². The molecule has 0 unspecified atom stereocenters. The van der Waals surface area contributed by atoms with E-state index in [1.54, 1.807) is 24.4 Å². The van der Waals surface area contributed by atoms with Crippen LogP contribution >= 0.6 is 0 Å². The van der Waals surface area contributed by atoms with Crippen LogP contribution in [0.25, 0.3) is 0 Å². The summed E-state index contributed by atoms with van der Waals surface area (Å²) >= 11 is 0. The molecule has 0 radical (unpaired) electrons. The van der Waals surface area contributed by atoms with Gasteiger partial charge >= 0.3 is 0 Å². The Labute approximate surface area is 96.9 Å². The zero-order valence-corrected chi connectivity index (χ0v) is 8.80. The van der Waals surface area contributed by atoms with Crippen molar-refractivity contribution >= 4 is 6.29 Å². The summed E-state index contributed by atoms with van der Waals surface area (Å²) in [5.74, 6) is -0.327. The molecule has 0 saturated carbocycles. The van der Waals surface area contributed by atoms with E-state index in [0.717, 1.165) is 0 Å². The average molecular weight is 229 g/mol. The Kier molecular flexibility index (Phi) is 2.97. The Morgan fingerprint density at radius 1 is 1.53 bits per heavy atom. The van der Waals surface area contributed by atoms with Gasteiger partial charge in [0.15, 0.2) is 12.1 Å². The van der Waals surface area contributed by atoms with Gasteiger partial charge in [0.25, 0.3) is 0 Å². The predicted octanol–water partition coefficient (Wildman–Crippen LogP) is 1.75. The first kappa shape index (κ1) is 11.0. The number of nitrogens with zero attached hydrogens (tertiary/aromatic N) is 3. The molecule has 0 atom stereocenters. The zero-order chi connectivity index (χ0) is 12.3. The van der Waals surface area contributed by atoms with E-state index in [1.165, 1.54) is 16.8 Å². The van der Waals surface area contributed by atoms with Crippen LogP contribution < -0.4 is 0 Å². The third kappa shape index (κ3) is 2.06. The minimum atomic E-state index is -0.555. The molecule has 5 heteroatoms. The first-order valence-corrected chi connectivity index (χ1v) is 4.90. The highest BCUT2D eigenvalue weighted by Gasteiger charge is 2.09. The standard InChI is InChI=1S/C12H8FN3O/c13-12-9(6-14)2-1-3-10(12)7-16-5-4-15-11(16)8-17/h1-5,8H,7H2. The Balaban J connectivity index is 2.37. The van der Waals surface area contributed by atoms with E-state index >= 15 is 0 Å². The van der Waals surface area contributed by atoms with E-state index in [-0.39, 0.29) is 17.9 Å². The maximum Gasteiger partial charge on any atom is 0.185 e. The second kappa shape index (κ2) is 4.58. The van der Waals surface area contributed by atoms with Crippen molar-refractivity contribution in [2.24, 2.45) is 0 Å². The van der Waals surface area contributed by atoms with E-state index in [1.807, 2.05) is 0 Å². The fraction of sp³-hybridized carbons (Fsp3) is 0.0833. The van der Waals surface area contributed by atoms with Crippen LogP contribution in [0.5, 0.6) is 0 Å². The number of aldehydes is 1. The van der Waals surface area contributed by atoms with E-state index in [9.17, 15) is 9.18 Å². The second-order valence-corrected chi connectivity index (χ2v) is 3.42. The Bertz CT molecular complexity index is 598. The number of rotatable bonds is 3. The van der Waals surface area contributed by atoms with Crippen molar-refractivity contribution in [1.29, 1.82) is 5.26 Å². The Hall–Kier alpha value is -2.48. The number of imidazole rings is 1. The molecule has 2 aromatic rings. The van der Waals surface area contributed by atoms with Crippen LogP contribution in [0.15, 0.2) is 30.6 Å². The van der Waals surface area contributed by atoms with Gasteiger partial charge in [-0.1, -0.05) is 12.1 Å². The largest absolute Gasteiger partial charge is 0.324 e. The number of benzene rings is 1. The maximum absolute atomic E-state index is 13.8. The molecule has 1 aromatic heterocycles. The number of nitriles is 1. The summed E-state index contributed by atoms with van der Waals surface area (Å²) in [6, 6.07) is 6.36. The van der Waals surface area contributed by atoms with Gasteiger partial charge in [0, 0.05) is 18.0 Å². The summed E-state index contributed by atoms with van der Waals surface area (Å²) in [6.45, 7) is 0.176. The van der Waals surface area contributed by atoms with Crippen LogP contribution in [0, 0.1) is 17.1 Å². The topological polar surface area (TPSA) is 58.7 Å².